The number of anilines is 2. The van der Waals surface area contributed by atoms with Gasteiger partial charge in [0.05, 0.1) is 37.0 Å². The van der Waals surface area contributed by atoms with Gasteiger partial charge in [-0.05, 0) is 24.6 Å². The SMILES string of the molecule is CCCCS(=O)(=O)Nc1ccc(F)c(N(N)CC(=N)c2cncc(OC)c2)c1F. The fourth-order valence-electron chi connectivity index (χ4n) is 2.47. The largest absolute Gasteiger partial charge is 0.495 e. The molecule has 0 saturated heterocycles. The van der Waals surface area contributed by atoms with Gasteiger partial charge in [0.25, 0.3) is 0 Å². The maximum atomic E-state index is 14.8. The van der Waals surface area contributed by atoms with Crippen LogP contribution in [-0.2, 0) is 10.0 Å². The monoisotopic (exact) mass is 427 g/mol. The zero-order valence-corrected chi connectivity index (χ0v) is 16.9. The van der Waals surface area contributed by atoms with Crippen LogP contribution in [0.15, 0.2) is 30.6 Å². The lowest BCUT2D eigenvalue weighted by atomic mass is 10.1. The van der Waals surface area contributed by atoms with Gasteiger partial charge in [-0.3, -0.25) is 14.7 Å². The van der Waals surface area contributed by atoms with Crippen LogP contribution in [0.5, 0.6) is 5.75 Å². The molecular formula is C18H23F2N5O3S. The highest BCUT2D eigenvalue weighted by Gasteiger charge is 2.22. The van der Waals surface area contributed by atoms with Gasteiger partial charge in [0, 0.05) is 11.8 Å². The number of hydrogen-bond donors (Lipinski definition) is 3. The minimum atomic E-state index is -3.78. The summed E-state index contributed by atoms with van der Waals surface area (Å²) in [5, 5.41) is 8.83. The standard InChI is InChI=1S/C18H23F2N5O3S/c1-3-4-7-29(26,27)24-16-6-5-14(19)18(17(16)20)25(22)11-15(21)12-8-13(28-2)10-23-9-12/h5-6,8-10,21,24H,3-4,7,11,22H2,1-2H3. The van der Waals surface area contributed by atoms with Gasteiger partial charge in [0.2, 0.25) is 10.0 Å². The lowest BCUT2D eigenvalue weighted by Gasteiger charge is -2.22. The molecule has 0 aliphatic carbocycles. The zero-order valence-electron chi connectivity index (χ0n) is 16.1. The van der Waals surface area contributed by atoms with Gasteiger partial charge in [-0.25, -0.2) is 23.0 Å². The Morgan fingerprint density at radius 2 is 2.07 bits per heavy atom. The van der Waals surface area contributed by atoms with Crippen LogP contribution in [0.25, 0.3) is 0 Å². The summed E-state index contributed by atoms with van der Waals surface area (Å²) in [5.41, 5.74) is -0.771. The Bertz CT molecular complexity index is 985. The summed E-state index contributed by atoms with van der Waals surface area (Å²) in [5.74, 6) is 3.88. The summed E-state index contributed by atoms with van der Waals surface area (Å²) in [6, 6.07) is 3.43. The number of sulfonamides is 1. The van der Waals surface area contributed by atoms with Crippen molar-refractivity contribution in [3.63, 3.8) is 0 Å². The number of methoxy groups -OCH3 is 1. The second-order valence-corrected chi connectivity index (χ2v) is 8.09. The van der Waals surface area contributed by atoms with E-state index < -0.39 is 33.0 Å². The molecule has 1 heterocycles. The minimum absolute atomic E-state index is 0.0633. The van der Waals surface area contributed by atoms with E-state index in [1.54, 1.807) is 0 Å². The summed E-state index contributed by atoms with van der Waals surface area (Å²) in [6.07, 6.45) is 3.89. The minimum Gasteiger partial charge on any atom is -0.495 e. The summed E-state index contributed by atoms with van der Waals surface area (Å²) >= 11 is 0. The predicted octanol–water partition coefficient (Wildman–Crippen LogP) is 2.66. The number of hydrazine groups is 1. The summed E-state index contributed by atoms with van der Waals surface area (Å²) in [6.45, 7) is 1.47. The van der Waals surface area contributed by atoms with Crippen LogP contribution < -0.4 is 20.3 Å². The van der Waals surface area contributed by atoms with Crippen molar-refractivity contribution in [3.05, 3.63) is 47.8 Å². The van der Waals surface area contributed by atoms with E-state index >= 15 is 0 Å². The second-order valence-electron chi connectivity index (χ2n) is 6.25. The molecule has 0 atom stereocenters. The number of nitrogens with one attached hydrogen (secondary N) is 2. The highest BCUT2D eigenvalue weighted by molar-refractivity contribution is 7.92. The third-order valence-corrected chi connectivity index (χ3v) is 5.37. The fraction of sp³-hybridized carbons (Fsp3) is 0.333. The molecule has 0 bridgehead atoms. The van der Waals surface area contributed by atoms with Crippen molar-refractivity contribution in [2.75, 3.05) is 29.1 Å². The molecule has 8 nitrogen and oxygen atoms in total. The number of unbranched alkanes of at least 4 members (excludes halogenated alkanes) is 1. The molecule has 11 heteroatoms. The first-order chi connectivity index (χ1) is 13.7. The quantitative estimate of drug-likeness (QED) is 0.304. The molecule has 2 rings (SSSR count). The van der Waals surface area contributed by atoms with E-state index in [1.807, 2.05) is 6.92 Å². The molecular weight excluding hydrogens is 404 g/mol. The van der Waals surface area contributed by atoms with Gasteiger partial charge >= 0.3 is 0 Å². The number of rotatable bonds is 10. The Kier molecular flexibility index (Phi) is 7.46. The Morgan fingerprint density at radius 3 is 2.72 bits per heavy atom. The maximum absolute atomic E-state index is 14.8. The average molecular weight is 427 g/mol. The first kappa shape index (κ1) is 22.5. The number of hydrogen-bond acceptors (Lipinski definition) is 7. The fourth-order valence-corrected chi connectivity index (χ4v) is 3.74. The molecule has 29 heavy (non-hydrogen) atoms. The molecule has 0 spiro atoms. The predicted molar refractivity (Wildman–Crippen MR) is 108 cm³/mol. The lowest BCUT2D eigenvalue weighted by Crippen LogP contribution is -2.37. The first-order valence-corrected chi connectivity index (χ1v) is 10.4. The maximum Gasteiger partial charge on any atom is 0.232 e. The van der Waals surface area contributed by atoms with Crippen molar-refractivity contribution < 1.29 is 21.9 Å². The van der Waals surface area contributed by atoms with Gasteiger partial charge < -0.3 is 10.1 Å². The number of halogens is 2. The van der Waals surface area contributed by atoms with E-state index in [-0.39, 0.29) is 18.0 Å². The highest BCUT2D eigenvalue weighted by Crippen LogP contribution is 2.29. The van der Waals surface area contributed by atoms with E-state index in [1.165, 1.54) is 25.6 Å². The normalized spacial score (nSPS) is 11.2. The first-order valence-electron chi connectivity index (χ1n) is 8.76. The molecule has 2 aromatic rings. The van der Waals surface area contributed by atoms with Crippen LogP contribution in [0, 0.1) is 17.0 Å². The zero-order chi connectivity index (χ0) is 21.6. The van der Waals surface area contributed by atoms with Crippen molar-refractivity contribution in [1.29, 1.82) is 5.41 Å². The number of benzene rings is 1. The topological polar surface area (TPSA) is 121 Å². The van der Waals surface area contributed by atoms with Crippen molar-refractivity contribution in [2.45, 2.75) is 19.8 Å². The van der Waals surface area contributed by atoms with Gasteiger partial charge in [0.1, 0.15) is 11.4 Å². The highest BCUT2D eigenvalue weighted by atomic mass is 32.2. The van der Waals surface area contributed by atoms with Crippen LogP contribution in [0.4, 0.5) is 20.2 Å². The van der Waals surface area contributed by atoms with Crippen molar-refractivity contribution in [2.24, 2.45) is 5.84 Å². The van der Waals surface area contributed by atoms with E-state index in [9.17, 15) is 17.2 Å². The number of ether oxygens (including phenoxy) is 1. The van der Waals surface area contributed by atoms with Gasteiger partial charge in [-0.1, -0.05) is 13.3 Å². The molecule has 0 saturated carbocycles. The molecule has 1 aromatic heterocycles. The third kappa shape index (κ3) is 5.84. The molecule has 0 aliphatic rings. The summed E-state index contributed by atoms with van der Waals surface area (Å²) in [4.78, 5) is 3.92. The van der Waals surface area contributed by atoms with Crippen LogP contribution in [0.1, 0.15) is 25.3 Å². The van der Waals surface area contributed by atoms with Crippen LogP contribution in [0.2, 0.25) is 0 Å². The Morgan fingerprint density at radius 1 is 1.34 bits per heavy atom. The molecule has 1 aromatic carbocycles. The van der Waals surface area contributed by atoms with E-state index in [0.29, 0.717) is 29.2 Å². The number of nitrogens with zero attached hydrogens (tertiary/aromatic N) is 2. The van der Waals surface area contributed by atoms with Crippen molar-refractivity contribution in [3.8, 4) is 5.75 Å². The molecule has 0 amide bonds. The Balaban J connectivity index is 2.25. The number of nitrogens with two attached hydrogens (primary N) is 1. The lowest BCUT2D eigenvalue weighted by molar-refractivity contribution is 0.413. The average Bonchev–Trinajstić information content (AvgIpc) is 2.68. The molecule has 0 unspecified atom stereocenters. The number of pyridine rings is 1. The molecule has 0 aliphatic heterocycles. The second kappa shape index (κ2) is 9.61. The summed E-state index contributed by atoms with van der Waals surface area (Å²) < 4.78 is 60.3. The van der Waals surface area contributed by atoms with Crippen LogP contribution in [0.3, 0.4) is 0 Å². The Hall–Kier alpha value is -2.79. The van der Waals surface area contributed by atoms with Gasteiger partial charge in [-0.15, -0.1) is 0 Å². The smallest absolute Gasteiger partial charge is 0.232 e. The van der Waals surface area contributed by atoms with E-state index in [4.69, 9.17) is 16.0 Å². The summed E-state index contributed by atoms with van der Waals surface area (Å²) in [7, 11) is -2.34. The number of aromatic nitrogens is 1. The van der Waals surface area contributed by atoms with Gasteiger partial charge in [-0.2, -0.15) is 0 Å². The molecule has 0 radical (unpaired) electrons. The third-order valence-electron chi connectivity index (χ3n) is 4.01. The van der Waals surface area contributed by atoms with Crippen molar-refractivity contribution in [1.82, 2.24) is 4.98 Å². The van der Waals surface area contributed by atoms with Gasteiger partial charge in [0.15, 0.2) is 11.6 Å². The van der Waals surface area contributed by atoms with Crippen LogP contribution >= 0.6 is 0 Å². The van der Waals surface area contributed by atoms with E-state index in [2.05, 4.69) is 9.71 Å². The molecule has 158 valence electrons. The Labute approximate surface area is 168 Å². The van der Waals surface area contributed by atoms with E-state index in [0.717, 1.165) is 12.1 Å². The molecule has 4 N–H and O–H groups in total. The van der Waals surface area contributed by atoms with Crippen LogP contribution in [-0.4, -0.2) is 38.5 Å². The van der Waals surface area contributed by atoms with Crippen molar-refractivity contribution >= 4 is 27.1 Å². The molecule has 0 fully saturated rings.